The summed E-state index contributed by atoms with van der Waals surface area (Å²) < 4.78 is 1.79. The van der Waals surface area contributed by atoms with Crippen molar-refractivity contribution in [3.63, 3.8) is 0 Å². The second kappa shape index (κ2) is 8.59. The molecule has 1 aliphatic rings. The molecule has 1 aromatic heterocycles. The molecule has 158 valence electrons. The van der Waals surface area contributed by atoms with Crippen molar-refractivity contribution in [2.75, 3.05) is 18.0 Å². The van der Waals surface area contributed by atoms with Crippen molar-refractivity contribution in [2.24, 2.45) is 10.1 Å². The molecule has 32 heavy (non-hydrogen) atoms. The average Bonchev–Trinajstić information content (AvgIpc) is 3.42. The first-order chi connectivity index (χ1) is 15.8. The molecule has 0 fully saturated rings. The molecule has 2 heterocycles. The van der Waals surface area contributed by atoms with Crippen molar-refractivity contribution in [3.05, 3.63) is 96.3 Å². The fourth-order valence-corrected chi connectivity index (χ4v) is 3.89. The largest absolute Gasteiger partial charge is 0.372 e. The van der Waals surface area contributed by atoms with Gasteiger partial charge in [-0.2, -0.15) is 9.78 Å². The third-order valence-corrected chi connectivity index (χ3v) is 5.58. The maximum Gasteiger partial charge on any atom is 0.206 e. The van der Waals surface area contributed by atoms with Crippen LogP contribution in [0.3, 0.4) is 0 Å². The summed E-state index contributed by atoms with van der Waals surface area (Å²) in [5, 5.41) is 13.7. The summed E-state index contributed by atoms with van der Waals surface area (Å²) in [5.74, 6) is 1.35. The first-order valence-electron chi connectivity index (χ1n) is 10.9. The maximum atomic E-state index is 4.96. The minimum Gasteiger partial charge on any atom is -0.372 e. The van der Waals surface area contributed by atoms with Crippen molar-refractivity contribution >= 4 is 22.8 Å². The minimum absolute atomic E-state index is 0.649. The van der Waals surface area contributed by atoms with Crippen LogP contribution in [0, 0.1) is 0 Å². The van der Waals surface area contributed by atoms with Crippen LogP contribution in [-0.4, -0.2) is 39.4 Å². The average molecular weight is 421 g/mol. The van der Waals surface area contributed by atoms with Crippen molar-refractivity contribution < 1.29 is 0 Å². The Morgan fingerprint density at radius 3 is 1.94 bits per heavy atom. The third-order valence-electron chi connectivity index (χ3n) is 5.58. The van der Waals surface area contributed by atoms with E-state index in [9.17, 15) is 0 Å². The van der Waals surface area contributed by atoms with Gasteiger partial charge in [-0.15, -0.1) is 10.2 Å². The van der Waals surface area contributed by atoms with E-state index < -0.39 is 0 Å². The van der Waals surface area contributed by atoms with Gasteiger partial charge in [-0.1, -0.05) is 60.7 Å². The lowest BCUT2D eigenvalue weighted by Crippen LogP contribution is -2.21. The molecular weight excluding hydrogens is 396 g/mol. The quantitative estimate of drug-likeness (QED) is 0.432. The molecule has 0 radical (unpaired) electrons. The number of aliphatic imine (C=N–C) groups is 1. The predicted octanol–water partition coefficient (Wildman–Crippen LogP) is 5.18. The van der Waals surface area contributed by atoms with Crippen molar-refractivity contribution in [1.29, 1.82) is 0 Å². The molecule has 3 aromatic carbocycles. The maximum absolute atomic E-state index is 4.96. The molecule has 0 aliphatic carbocycles. The standard InChI is InChI=1S/C26H24N6/c1-3-31(4-2)22-17-15-21(16-18-22)27-24-23(19-11-7-5-8-12-19)30-32-25(28-29-26(24)32)20-13-9-6-10-14-20/h5-18H,3-4H2,1-2H3. The Bertz CT molecular complexity index is 1270. The number of hydrogen-bond donors (Lipinski definition) is 0. The lowest BCUT2D eigenvalue weighted by molar-refractivity contribution is 0.866. The van der Waals surface area contributed by atoms with Crippen LogP contribution in [0.4, 0.5) is 11.4 Å². The first-order valence-corrected chi connectivity index (χ1v) is 10.9. The number of fused-ring (bicyclic) bond motifs is 1. The van der Waals surface area contributed by atoms with E-state index in [0.717, 1.165) is 41.3 Å². The smallest absolute Gasteiger partial charge is 0.206 e. The molecule has 0 saturated heterocycles. The highest BCUT2D eigenvalue weighted by Crippen LogP contribution is 2.27. The van der Waals surface area contributed by atoms with Gasteiger partial charge in [-0.05, 0) is 38.1 Å². The number of anilines is 1. The van der Waals surface area contributed by atoms with E-state index in [0.29, 0.717) is 11.6 Å². The predicted molar refractivity (Wildman–Crippen MR) is 130 cm³/mol. The van der Waals surface area contributed by atoms with Crippen molar-refractivity contribution in [3.8, 4) is 11.4 Å². The van der Waals surface area contributed by atoms with E-state index in [1.54, 1.807) is 4.68 Å². The molecule has 0 unspecified atom stereocenters. The Kier molecular flexibility index (Phi) is 5.34. The molecule has 0 atom stereocenters. The molecule has 0 spiro atoms. The molecule has 0 N–H and O–H groups in total. The zero-order chi connectivity index (χ0) is 21.9. The minimum atomic E-state index is 0.649. The molecule has 0 bridgehead atoms. The summed E-state index contributed by atoms with van der Waals surface area (Å²) in [6, 6.07) is 28.4. The van der Waals surface area contributed by atoms with Gasteiger partial charge in [0.15, 0.2) is 5.82 Å². The van der Waals surface area contributed by atoms with Gasteiger partial charge in [0.05, 0.1) is 5.69 Å². The zero-order valence-electron chi connectivity index (χ0n) is 18.2. The summed E-state index contributed by atoms with van der Waals surface area (Å²) in [4.78, 5) is 7.27. The summed E-state index contributed by atoms with van der Waals surface area (Å²) in [7, 11) is 0. The Labute approximate surface area is 187 Å². The molecule has 4 aromatic rings. The number of hydrogen-bond acceptors (Lipinski definition) is 5. The lowest BCUT2D eigenvalue weighted by Gasteiger charge is -2.20. The fourth-order valence-electron chi connectivity index (χ4n) is 3.89. The molecule has 0 amide bonds. The van der Waals surface area contributed by atoms with Gasteiger partial charge in [0, 0.05) is 29.9 Å². The van der Waals surface area contributed by atoms with Crippen LogP contribution >= 0.6 is 0 Å². The van der Waals surface area contributed by atoms with Gasteiger partial charge in [-0.25, -0.2) is 4.99 Å². The van der Waals surface area contributed by atoms with Gasteiger partial charge in [-0.3, -0.25) is 0 Å². The number of rotatable bonds is 6. The van der Waals surface area contributed by atoms with Crippen LogP contribution in [0.15, 0.2) is 95.0 Å². The molecule has 1 aliphatic heterocycles. The van der Waals surface area contributed by atoms with Crippen LogP contribution in [0.25, 0.3) is 11.4 Å². The highest BCUT2D eigenvalue weighted by atomic mass is 15.5. The topological polar surface area (TPSA) is 58.7 Å². The third kappa shape index (κ3) is 3.60. The van der Waals surface area contributed by atoms with Gasteiger partial charge >= 0.3 is 0 Å². The monoisotopic (exact) mass is 420 g/mol. The SMILES string of the molecule is CCN(CC)c1ccc(N=C2C(c3ccccc3)=Nn3c2nnc3-c2ccccc2)cc1. The fraction of sp³-hybridized carbons (Fsp3) is 0.154. The van der Waals surface area contributed by atoms with Gasteiger partial charge < -0.3 is 4.90 Å². The zero-order valence-corrected chi connectivity index (χ0v) is 18.2. The van der Waals surface area contributed by atoms with E-state index in [-0.39, 0.29) is 0 Å². The first kappa shape index (κ1) is 19.9. The molecule has 6 nitrogen and oxygen atoms in total. The van der Waals surface area contributed by atoms with Crippen molar-refractivity contribution in [2.45, 2.75) is 13.8 Å². The summed E-state index contributed by atoms with van der Waals surface area (Å²) >= 11 is 0. The van der Waals surface area contributed by atoms with Crippen LogP contribution in [0.5, 0.6) is 0 Å². The number of nitrogens with zero attached hydrogens (tertiary/aromatic N) is 6. The van der Waals surface area contributed by atoms with E-state index in [4.69, 9.17) is 10.1 Å². The van der Waals surface area contributed by atoms with E-state index >= 15 is 0 Å². The molecule has 5 rings (SSSR count). The van der Waals surface area contributed by atoms with Gasteiger partial charge in [0.1, 0.15) is 11.4 Å². The second-order valence-electron chi connectivity index (χ2n) is 7.49. The van der Waals surface area contributed by atoms with Crippen LogP contribution in [0.2, 0.25) is 0 Å². The second-order valence-corrected chi connectivity index (χ2v) is 7.49. The Hall–Kier alpha value is -4.06. The summed E-state index contributed by atoms with van der Waals surface area (Å²) in [5.41, 5.74) is 5.53. The van der Waals surface area contributed by atoms with E-state index in [1.807, 2.05) is 72.8 Å². The van der Waals surface area contributed by atoms with Gasteiger partial charge in [0.25, 0.3) is 0 Å². The van der Waals surface area contributed by atoms with Crippen LogP contribution in [0.1, 0.15) is 25.2 Å². The lowest BCUT2D eigenvalue weighted by atomic mass is 10.1. The normalized spacial score (nSPS) is 13.8. The van der Waals surface area contributed by atoms with Crippen LogP contribution < -0.4 is 4.90 Å². The van der Waals surface area contributed by atoms with Crippen LogP contribution in [-0.2, 0) is 0 Å². The Morgan fingerprint density at radius 1 is 0.719 bits per heavy atom. The number of benzene rings is 3. The van der Waals surface area contributed by atoms with E-state index in [1.165, 1.54) is 5.69 Å². The van der Waals surface area contributed by atoms with E-state index in [2.05, 4.69) is 41.1 Å². The van der Waals surface area contributed by atoms with Crippen molar-refractivity contribution in [1.82, 2.24) is 14.9 Å². The Balaban J connectivity index is 1.60. The number of aromatic nitrogens is 3. The summed E-state index contributed by atoms with van der Waals surface area (Å²) in [6.07, 6.45) is 0. The Morgan fingerprint density at radius 2 is 1.31 bits per heavy atom. The highest BCUT2D eigenvalue weighted by Gasteiger charge is 2.29. The molecular formula is C26H24N6. The summed E-state index contributed by atoms with van der Waals surface area (Å²) in [6.45, 7) is 6.27. The highest BCUT2D eigenvalue weighted by molar-refractivity contribution is 6.54. The molecule has 0 saturated carbocycles. The molecule has 6 heteroatoms. The van der Waals surface area contributed by atoms with Gasteiger partial charge in [0.2, 0.25) is 5.82 Å².